The van der Waals surface area contributed by atoms with E-state index in [1.807, 2.05) is 25.7 Å². The number of aryl methyl sites for hydroxylation is 1. The van der Waals surface area contributed by atoms with Crippen molar-refractivity contribution in [3.8, 4) is 17.3 Å². The van der Waals surface area contributed by atoms with Crippen LogP contribution in [0.3, 0.4) is 0 Å². The van der Waals surface area contributed by atoms with E-state index in [4.69, 9.17) is 14.2 Å². The lowest BCUT2D eigenvalue weighted by Crippen LogP contribution is -2.37. The standard InChI is InChI=1S/C26H33F2N3O4/c1-18(2)34-17-23(32)15-30(13-14-33-4)16-25-19(3)29-31(22-9-5-20(27)6-10-22)26(25)35-24-11-7-21(28)8-12-24/h5-12,18,23,32H,13-17H2,1-4H3/t23-/m1/s1. The molecule has 0 fully saturated rings. The minimum Gasteiger partial charge on any atom is -0.439 e. The molecule has 0 saturated heterocycles. The summed E-state index contributed by atoms with van der Waals surface area (Å²) in [6, 6.07) is 11.6. The molecule has 0 aliphatic carbocycles. The average molecular weight is 490 g/mol. The molecule has 1 atom stereocenters. The molecule has 0 unspecified atom stereocenters. The van der Waals surface area contributed by atoms with E-state index in [1.165, 1.54) is 36.4 Å². The van der Waals surface area contributed by atoms with Gasteiger partial charge in [0.25, 0.3) is 0 Å². The van der Waals surface area contributed by atoms with Crippen molar-refractivity contribution in [3.05, 3.63) is 71.4 Å². The molecule has 190 valence electrons. The highest BCUT2D eigenvalue weighted by Crippen LogP contribution is 2.32. The monoisotopic (exact) mass is 489 g/mol. The lowest BCUT2D eigenvalue weighted by molar-refractivity contribution is -0.0122. The summed E-state index contributed by atoms with van der Waals surface area (Å²) >= 11 is 0. The van der Waals surface area contributed by atoms with Gasteiger partial charge in [-0.1, -0.05) is 0 Å². The highest BCUT2D eigenvalue weighted by molar-refractivity contribution is 5.43. The molecule has 3 aromatic rings. The van der Waals surface area contributed by atoms with Crippen molar-refractivity contribution in [3.63, 3.8) is 0 Å². The number of aliphatic hydroxyl groups is 1. The lowest BCUT2D eigenvalue weighted by atomic mass is 10.2. The Labute approximate surface area is 204 Å². The predicted molar refractivity (Wildman–Crippen MR) is 129 cm³/mol. The number of ether oxygens (including phenoxy) is 3. The lowest BCUT2D eigenvalue weighted by Gasteiger charge is -2.25. The molecule has 0 radical (unpaired) electrons. The van der Waals surface area contributed by atoms with Crippen molar-refractivity contribution in [2.45, 2.75) is 39.5 Å². The third-order valence-corrected chi connectivity index (χ3v) is 5.32. The molecule has 9 heteroatoms. The maximum Gasteiger partial charge on any atom is 0.227 e. The maximum absolute atomic E-state index is 13.5. The van der Waals surface area contributed by atoms with Gasteiger partial charge in [0.1, 0.15) is 17.4 Å². The fraction of sp³-hybridized carbons (Fsp3) is 0.423. The summed E-state index contributed by atoms with van der Waals surface area (Å²) in [5, 5.41) is 15.2. The van der Waals surface area contributed by atoms with Gasteiger partial charge >= 0.3 is 0 Å². The number of aliphatic hydroxyl groups excluding tert-OH is 1. The molecule has 3 rings (SSSR count). The molecular formula is C26H33F2N3O4. The van der Waals surface area contributed by atoms with Crippen molar-refractivity contribution >= 4 is 0 Å². The largest absolute Gasteiger partial charge is 0.439 e. The van der Waals surface area contributed by atoms with Crippen LogP contribution in [0.15, 0.2) is 48.5 Å². The van der Waals surface area contributed by atoms with Crippen LogP contribution in [-0.4, -0.2) is 65.4 Å². The number of methoxy groups -OCH3 is 1. The van der Waals surface area contributed by atoms with Gasteiger partial charge in [0.2, 0.25) is 5.88 Å². The van der Waals surface area contributed by atoms with Crippen LogP contribution in [-0.2, 0) is 16.0 Å². The second-order valence-corrected chi connectivity index (χ2v) is 8.58. The van der Waals surface area contributed by atoms with Crippen molar-refractivity contribution in [2.24, 2.45) is 0 Å². The molecule has 0 amide bonds. The first-order valence-corrected chi connectivity index (χ1v) is 11.6. The van der Waals surface area contributed by atoms with Gasteiger partial charge < -0.3 is 19.3 Å². The Hall–Kier alpha value is -2.85. The first-order valence-electron chi connectivity index (χ1n) is 11.6. The highest BCUT2D eigenvalue weighted by Gasteiger charge is 2.23. The second kappa shape index (κ2) is 12.7. The fourth-order valence-corrected chi connectivity index (χ4v) is 3.53. The summed E-state index contributed by atoms with van der Waals surface area (Å²) in [5.41, 5.74) is 2.11. The van der Waals surface area contributed by atoms with E-state index < -0.39 is 6.10 Å². The average Bonchev–Trinajstić information content (AvgIpc) is 3.12. The minimum atomic E-state index is -0.692. The molecule has 2 aromatic carbocycles. The summed E-state index contributed by atoms with van der Waals surface area (Å²) in [7, 11) is 1.62. The zero-order chi connectivity index (χ0) is 25.4. The van der Waals surface area contributed by atoms with Gasteiger partial charge in [0, 0.05) is 26.7 Å². The third-order valence-electron chi connectivity index (χ3n) is 5.32. The number of hydrogen-bond donors (Lipinski definition) is 1. The van der Waals surface area contributed by atoms with Gasteiger partial charge in [0.05, 0.1) is 42.4 Å². The predicted octanol–water partition coefficient (Wildman–Crippen LogP) is 4.49. The van der Waals surface area contributed by atoms with Crippen LogP contribution in [0.25, 0.3) is 5.69 Å². The Bertz CT molecular complexity index is 1060. The molecule has 0 saturated carbocycles. The Balaban J connectivity index is 1.94. The zero-order valence-electron chi connectivity index (χ0n) is 20.6. The van der Waals surface area contributed by atoms with Crippen molar-refractivity contribution in [1.29, 1.82) is 0 Å². The molecule has 1 N–H and O–H groups in total. The SMILES string of the molecule is COCCN(Cc1c(C)nn(-c2ccc(F)cc2)c1Oc1ccc(F)cc1)C[C@@H](O)COC(C)C. The summed E-state index contributed by atoms with van der Waals surface area (Å²) in [6.07, 6.45) is -0.674. The van der Waals surface area contributed by atoms with E-state index in [1.54, 1.807) is 23.9 Å². The number of halogens is 2. The molecule has 0 spiro atoms. The quantitative estimate of drug-likeness (QED) is 0.382. The van der Waals surface area contributed by atoms with E-state index in [0.29, 0.717) is 49.3 Å². The van der Waals surface area contributed by atoms with Gasteiger partial charge in [-0.3, -0.25) is 4.90 Å². The molecule has 0 bridgehead atoms. The number of nitrogens with zero attached hydrogens (tertiary/aromatic N) is 3. The molecule has 35 heavy (non-hydrogen) atoms. The molecule has 0 aliphatic rings. The molecule has 0 aliphatic heterocycles. The summed E-state index contributed by atoms with van der Waals surface area (Å²) < 4.78 is 45.6. The zero-order valence-corrected chi connectivity index (χ0v) is 20.6. The summed E-state index contributed by atoms with van der Waals surface area (Å²) in [6.45, 7) is 7.71. The van der Waals surface area contributed by atoms with E-state index in [9.17, 15) is 13.9 Å². The van der Waals surface area contributed by atoms with E-state index >= 15 is 0 Å². The Morgan fingerprint density at radius 1 is 1.03 bits per heavy atom. The Kier molecular flexibility index (Phi) is 9.73. The van der Waals surface area contributed by atoms with E-state index in [-0.39, 0.29) is 24.3 Å². The smallest absolute Gasteiger partial charge is 0.227 e. The third kappa shape index (κ3) is 7.83. The molecule has 7 nitrogen and oxygen atoms in total. The van der Waals surface area contributed by atoms with Crippen LogP contribution in [0.1, 0.15) is 25.1 Å². The second-order valence-electron chi connectivity index (χ2n) is 8.58. The number of rotatable bonds is 13. The van der Waals surface area contributed by atoms with E-state index in [0.717, 1.165) is 5.56 Å². The Morgan fingerprint density at radius 3 is 2.26 bits per heavy atom. The van der Waals surface area contributed by atoms with Crippen LogP contribution in [0.4, 0.5) is 8.78 Å². The number of hydrogen-bond acceptors (Lipinski definition) is 6. The first-order chi connectivity index (χ1) is 16.8. The fourth-order valence-electron chi connectivity index (χ4n) is 3.53. The normalized spacial score (nSPS) is 12.5. The number of benzene rings is 2. The minimum absolute atomic E-state index is 0.0176. The number of aromatic nitrogens is 2. The van der Waals surface area contributed by atoms with Gasteiger partial charge in [-0.05, 0) is 69.3 Å². The van der Waals surface area contributed by atoms with Crippen LogP contribution in [0.5, 0.6) is 11.6 Å². The van der Waals surface area contributed by atoms with Crippen molar-refractivity contribution in [2.75, 3.05) is 33.4 Å². The van der Waals surface area contributed by atoms with E-state index in [2.05, 4.69) is 5.10 Å². The van der Waals surface area contributed by atoms with Crippen LogP contribution >= 0.6 is 0 Å². The maximum atomic E-state index is 13.5. The van der Waals surface area contributed by atoms with Gasteiger partial charge in [0.15, 0.2) is 0 Å². The van der Waals surface area contributed by atoms with Crippen LogP contribution in [0, 0.1) is 18.6 Å². The molecule has 1 aromatic heterocycles. The van der Waals surface area contributed by atoms with Crippen LogP contribution < -0.4 is 4.74 Å². The summed E-state index contributed by atoms with van der Waals surface area (Å²) in [4.78, 5) is 2.04. The van der Waals surface area contributed by atoms with Crippen molar-refractivity contribution in [1.82, 2.24) is 14.7 Å². The van der Waals surface area contributed by atoms with Crippen LogP contribution in [0.2, 0.25) is 0 Å². The van der Waals surface area contributed by atoms with Gasteiger partial charge in [-0.15, -0.1) is 0 Å². The first kappa shape index (κ1) is 26.7. The summed E-state index contributed by atoms with van der Waals surface area (Å²) in [5.74, 6) is 0.132. The highest BCUT2D eigenvalue weighted by atomic mass is 19.1. The Morgan fingerprint density at radius 2 is 1.66 bits per heavy atom. The molecular weight excluding hydrogens is 456 g/mol. The topological polar surface area (TPSA) is 69.0 Å². The van der Waals surface area contributed by atoms with Gasteiger partial charge in [-0.25, -0.2) is 13.5 Å². The molecule has 1 heterocycles. The van der Waals surface area contributed by atoms with Crippen molar-refractivity contribution < 1.29 is 28.1 Å². The van der Waals surface area contributed by atoms with Gasteiger partial charge in [-0.2, -0.15) is 5.10 Å².